The van der Waals surface area contributed by atoms with Crippen molar-refractivity contribution in [2.24, 2.45) is 0 Å². The maximum absolute atomic E-state index is 12.8. The molecule has 0 saturated heterocycles. The van der Waals surface area contributed by atoms with Crippen LogP contribution in [0, 0.1) is 0 Å². The third kappa shape index (κ3) is 5.88. The standard InChI is InChI=1S/C22H23NO6S.ClH/c1-23(2)11-13-29-21-19(16-10-12-28-14-16)9-8-17(20(21)22(24)25)15-30(26,27)18-6-4-3-5-7-18;/h3-10,12,14H,11,13,15H2,1-2H3,(H,24,25);1H. The molecular formula is C22H24ClNO6S. The van der Waals surface area contributed by atoms with Crippen LogP contribution in [0.4, 0.5) is 0 Å². The van der Waals surface area contributed by atoms with Crippen molar-refractivity contribution in [2.75, 3.05) is 27.2 Å². The lowest BCUT2D eigenvalue weighted by atomic mass is 9.99. The molecule has 3 rings (SSSR count). The number of likely N-dealkylation sites (N-methyl/N-ethyl adjacent to an activating group) is 1. The average Bonchev–Trinajstić information content (AvgIpc) is 3.22. The van der Waals surface area contributed by atoms with Gasteiger partial charge >= 0.3 is 5.97 Å². The van der Waals surface area contributed by atoms with Crippen molar-refractivity contribution < 1.29 is 27.5 Å². The van der Waals surface area contributed by atoms with Gasteiger partial charge in [0, 0.05) is 17.7 Å². The summed E-state index contributed by atoms with van der Waals surface area (Å²) in [5.41, 5.74) is 1.18. The topological polar surface area (TPSA) is 97.0 Å². The van der Waals surface area contributed by atoms with Crippen LogP contribution in [0.25, 0.3) is 11.1 Å². The van der Waals surface area contributed by atoms with Crippen LogP contribution in [0.15, 0.2) is 70.4 Å². The Labute approximate surface area is 187 Å². The fraction of sp³-hybridized carbons (Fsp3) is 0.227. The van der Waals surface area contributed by atoms with E-state index in [1.807, 2.05) is 19.0 Å². The summed E-state index contributed by atoms with van der Waals surface area (Å²) in [5, 5.41) is 9.94. The normalized spacial score (nSPS) is 11.2. The van der Waals surface area contributed by atoms with Gasteiger partial charge in [0.1, 0.15) is 17.9 Å². The van der Waals surface area contributed by atoms with Crippen LogP contribution in [0.3, 0.4) is 0 Å². The minimum absolute atomic E-state index is 0. The van der Waals surface area contributed by atoms with E-state index in [4.69, 9.17) is 9.15 Å². The van der Waals surface area contributed by atoms with Crippen LogP contribution in [0.5, 0.6) is 5.75 Å². The maximum Gasteiger partial charge on any atom is 0.339 e. The van der Waals surface area contributed by atoms with Gasteiger partial charge < -0.3 is 19.2 Å². The minimum Gasteiger partial charge on any atom is -0.491 e. The van der Waals surface area contributed by atoms with E-state index in [9.17, 15) is 18.3 Å². The molecule has 3 aromatic rings. The number of halogens is 1. The van der Waals surface area contributed by atoms with Crippen LogP contribution < -0.4 is 4.74 Å². The molecule has 7 nitrogen and oxygen atoms in total. The predicted octanol–water partition coefficient (Wildman–Crippen LogP) is 3.98. The smallest absolute Gasteiger partial charge is 0.339 e. The first-order chi connectivity index (χ1) is 14.3. The second-order valence-electron chi connectivity index (χ2n) is 7.02. The van der Waals surface area contributed by atoms with Crippen molar-refractivity contribution in [3.8, 4) is 16.9 Å². The third-order valence-corrected chi connectivity index (χ3v) is 6.20. The zero-order chi connectivity index (χ0) is 21.7. The first kappa shape index (κ1) is 24.5. The lowest BCUT2D eigenvalue weighted by Gasteiger charge is -2.18. The minimum atomic E-state index is -3.73. The molecule has 0 spiro atoms. The van der Waals surface area contributed by atoms with Gasteiger partial charge in [-0.15, -0.1) is 12.4 Å². The number of aromatic carboxylic acids is 1. The zero-order valence-corrected chi connectivity index (χ0v) is 18.8. The number of sulfone groups is 1. The van der Waals surface area contributed by atoms with E-state index in [1.54, 1.807) is 30.3 Å². The second kappa shape index (κ2) is 10.5. The van der Waals surface area contributed by atoms with Crippen molar-refractivity contribution in [1.29, 1.82) is 0 Å². The lowest BCUT2D eigenvalue weighted by Crippen LogP contribution is -2.21. The summed E-state index contributed by atoms with van der Waals surface area (Å²) in [7, 11) is 0.0203. The summed E-state index contributed by atoms with van der Waals surface area (Å²) in [4.78, 5) is 14.2. The number of hydrogen-bond donors (Lipinski definition) is 1. The highest BCUT2D eigenvalue weighted by atomic mass is 35.5. The number of rotatable bonds is 9. The van der Waals surface area contributed by atoms with Gasteiger partial charge in [0.2, 0.25) is 0 Å². The van der Waals surface area contributed by atoms with Gasteiger partial charge in [0.25, 0.3) is 0 Å². The third-order valence-electron chi connectivity index (χ3n) is 4.52. The number of carbonyl (C=O) groups is 1. The molecule has 166 valence electrons. The SMILES string of the molecule is CN(C)CCOc1c(-c2ccoc2)ccc(CS(=O)(=O)c2ccccc2)c1C(=O)O.Cl. The molecule has 0 saturated carbocycles. The number of benzene rings is 2. The van der Waals surface area contributed by atoms with Gasteiger partial charge in [0.05, 0.1) is 23.2 Å². The molecule has 0 amide bonds. The largest absolute Gasteiger partial charge is 0.491 e. The molecule has 0 aliphatic rings. The lowest BCUT2D eigenvalue weighted by molar-refractivity contribution is 0.0691. The van der Waals surface area contributed by atoms with Gasteiger partial charge in [0.15, 0.2) is 9.84 Å². The van der Waals surface area contributed by atoms with Gasteiger partial charge in [-0.25, -0.2) is 13.2 Å². The average molecular weight is 466 g/mol. The number of furan rings is 1. The molecule has 0 aliphatic heterocycles. The molecular weight excluding hydrogens is 442 g/mol. The highest BCUT2D eigenvalue weighted by Gasteiger charge is 2.26. The van der Waals surface area contributed by atoms with E-state index < -0.39 is 21.6 Å². The van der Waals surface area contributed by atoms with E-state index >= 15 is 0 Å². The summed E-state index contributed by atoms with van der Waals surface area (Å²) in [6.45, 7) is 0.809. The Bertz CT molecular complexity index is 1110. The van der Waals surface area contributed by atoms with Crippen LogP contribution >= 0.6 is 12.4 Å². The van der Waals surface area contributed by atoms with E-state index in [1.165, 1.54) is 30.7 Å². The van der Waals surface area contributed by atoms with E-state index in [2.05, 4.69) is 0 Å². The monoisotopic (exact) mass is 465 g/mol. The first-order valence-corrected chi connectivity index (χ1v) is 10.9. The Hall–Kier alpha value is -2.81. The molecule has 0 bridgehead atoms. The summed E-state index contributed by atoms with van der Waals surface area (Å²) >= 11 is 0. The number of hydrogen-bond acceptors (Lipinski definition) is 6. The van der Waals surface area contributed by atoms with Crippen molar-refractivity contribution >= 4 is 28.2 Å². The van der Waals surface area contributed by atoms with Gasteiger partial charge in [-0.2, -0.15) is 0 Å². The molecule has 9 heteroatoms. The van der Waals surface area contributed by atoms with E-state index in [0.717, 1.165) is 0 Å². The Morgan fingerprint density at radius 1 is 1.10 bits per heavy atom. The molecule has 1 aromatic heterocycles. The first-order valence-electron chi connectivity index (χ1n) is 9.26. The highest BCUT2D eigenvalue weighted by molar-refractivity contribution is 7.90. The summed E-state index contributed by atoms with van der Waals surface area (Å²) in [5.74, 6) is -1.57. The molecule has 0 fully saturated rings. The fourth-order valence-electron chi connectivity index (χ4n) is 3.02. The molecule has 2 aromatic carbocycles. The van der Waals surface area contributed by atoms with Crippen molar-refractivity contribution in [2.45, 2.75) is 10.6 Å². The van der Waals surface area contributed by atoms with Gasteiger partial charge in [-0.05, 0) is 37.9 Å². The predicted molar refractivity (Wildman–Crippen MR) is 120 cm³/mol. The van der Waals surface area contributed by atoms with E-state index in [0.29, 0.717) is 17.7 Å². The molecule has 31 heavy (non-hydrogen) atoms. The second-order valence-corrected chi connectivity index (χ2v) is 9.01. The Balaban J connectivity index is 0.00000341. The Morgan fingerprint density at radius 2 is 1.81 bits per heavy atom. The van der Waals surface area contributed by atoms with Crippen molar-refractivity contribution in [3.63, 3.8) is 0 Å². The van der Waals surface area contributed by atoms with Gasteiger partial charge in [-0.1, -0.05) is 30.3 Å². The summed E-state index contributed by atoms with van der Waals surface area (Å²) in [6, 6.07) is 12.8. The quantitative estimate of drug-likeness (QED) is 0.510. The molecule has 0 unspecified atom stereocenters. The van der Waals surface area contributed by atoms with E-state index in [-0.39, 0.29) is 40.8 Å². The number of ether oxygens (including phenoxy) is 1. The number of carboxylic acid groups (broad SMARTS) is 1. The molecule has 1 heterocycles. The van der Waals surface area contributed by atoms with Gasteiger partial charge in [-0.3, -0.25) is 0 Å². The fourth-order valence-corrected chi connectivity index (χ4v) is 4.41. The number of nitrogens with zero attached hydrogens (tertiary/aromatic N) is 1. The molecule has 0 atom stereocenters. The maximum atomic E-state index is 12.8. The molecule has 1 N–H and O–H groups in total. The Kier molecular flexibility index (Phi) is 8.27. The molecule has 0 radical (unpaired) electrons. The van der Waals surface area contributed by atoms with Crippen molar-refractivity contribution in [3.05, 3.63) is 72.2 Å². The van der Waals surface area contributed by atoms with Crippen LogP contribution in [-0.4, -0.2) is 51.6 Å². The number of carboxylic acids is 1. The van der Waals surface area contributed by atoms with Crippen molar-refractivity contribution in [1.82, 2.24) is 4.90 Å². The highest BCUT2D eigenvalue weighted by Crippen LogP contribution is 2.37. The van der Waals surface area contributed by atoms with Crippen LogP contribution in [-0.2, 0) is 15.6 Å². The van der Waals surface area contributed by atoms with Crippen LogP contribution in [0.2, 0.25) is 0 Å². The summed E-state index contributed by atoms with van der Waals surface area (Å²) < 4.78 is 36.7. The Morgan fingerprint density at radius 3 is 2.39 bits per heavy atom. The zero-order valence-electron chi connectivity index (χ0n) is 17.1. The summed E-state index contributed by atoms with van der Waals surface area (Å²) in [6.07, 6.45) is 2.97. The van der Waals surface area contributed by atoms with Crippen LogP contribution in [0.1, 0.15) is 15.9 Å². The molecule has 0 aliphatic carbocycles.